The van der Waals surface area contributed by atoms with E-state index in [4.69, 9.17) is 0 Å². The summed E-state index contributed by atoms with van der Waals surface area (Å²) in [6.07, 6.45) is 3.89. The molecular weight excluding hydrogens is 138 g/mol. The van der Waals surface area contributed by atoms with Crippen LogP contribution < -0.4 is 0 Å². The number of aromatic nitrogens is 1. The number of carbonyl (C=O) groups excluding carboxylic acids is 1. The minimum Gasteiger partial charge on any atom is -0.343 e. The third kappa shape index (κ3) is 1.50. The summed E-state index contributed by atoms with van der Waals surface area (Å²) in [6, 6.07) is 4.15. The van der Waals surface area contributed by atoms with Crippen molar-refractivity contribution >= 4 is 6.29 Å². The molecule has 0 aliphatic heterocycles. The largest absolute Gasteiger partial charge is 0.343 e. The summed E-state index contributed by atoms with van der Waals surface area (Å²) in [4.78, 5) is 10.5. The lowest BCUT2D eigenvalue weighted by molar-refractivity contribution is 0.111. The Morgan fingerprint density at radius 2 is 2.45 bits per heavy atom. The van der Waals surface area contributed by atoms with Gasteiger partial charge in [-0.1, -0.05) is 6.92 Å². The molecule has 0 bridgehead atoms. The van der Waals surface area contributed by atoms with Crippen LogP contribution in [0.1, 0.15) is 36.8 Å². The highest BCUT2D eigenvalue weighted by atomic mass is 16.1. The van der Waals surface area contributed by atoms with E-state index in [0.29, 0.717) is 6.04 Å². The van der Waals surface area contributed by atoms with Crippen LogP contribution >= 0.6 is 0 Å². The highest BCUT2D eigenvalue weighted by Crippen LogP contribution is 2.12. The van der Waals surface area contributed by atoms with Crippen LogP contribution in [0.3, 0.4) is 0 Å². The predicted octanol–water partition coefficient (Wildman–Crippen LogP) is 2.27. The molecule has 1 atom stereocenters. The third-order valence-corrected chi connectivity index (χ3v) is 2.00. The number of nitrogens with zero attached hydrogens (tertiary/aromatic N) is 1. The Morgan fingerprint density at radius 1 is 1.73 bits per heavy atom. The summed E-state index contributed by atoms with van der Waals surface area (Å²) in [5, 5.41) is 0. The molecule has 0 radical (unpaired) electrons. The first kappa shape index (κ1) is 8.05. The van der Waals surface area contributed by atoms with Gasteiger partial charge in [-0.15, -0.1) is 0 Å². The van der Waals surface area contributed by atoms with E-state index >= 15 is 0 Å². The van der Waals surface area contributed by atoms with Gasteiger partial charge in [0, 0.05) is 12.2 Å². The first-order valence-electron chi connectivity index (χ1n) is 3.91. The van der Waals surface area contributed by atoms with Crippen molar-refractivity contribution in [3.8, 4) is 0 Å². The van der Waals surface area contributed by atoms with Crippen LogP contribution in [0.5, 0.6) is 0 Å². The van der Waals surface area contributed by atoms with Gasteiger partial charge in [-0.25, -0.2) is 0 Å². The van der Waals surface area contributed by atoms with E-state index in [0.717, 1.165) is 18.4 Å². The number of hydrogen-bond donors (Lipinski definition) is 0. The molecule has 0 amide bonds. The van der Waals surface area contributed by atoms with Crippen molar-refractivity contribution < 1.29 is 4.79 Å². The summed E-state index contributed by atoms with van der Waals surface area (Å²) in [7, 11) is 0. The molecule has 1 aromatic rings. The molecular formula is C9H13NO. The van der Waals surface area contributed by atoms with E-state index in [-0.39, 0.29) is 0 Å². The minimum absolute atomic E-state index is 0.421. The minimum atomic E-state index is 0.421. The maximum absolute atomic E-state index is 10.5. The number of carbonyl (C=O) groups is 1. The SMILES string of the molecule is CCC(C)n1cccc1C=O. The average molecular weight is 151 g/mol. The lowest BCUT2D eigenvalue weighted by atomic mass is 10.2. The van der Waals surface area contributed by atoms with Crippen molar-refractivity contribution in [1.29, 1.82) is 0 Å². The smallest absolute Gasteiger partial charge is 0.166 e. The molecule has 0 saturated carbocycles. The van der Waals surface area contributed by atoms with Gasteiger partial charge in [0.15, 0.2) is 6.29 Å². The molecule has 0 aromatic carbocycles. The average Bonchev–Trinajstić information content (AvgIpc) is 2.50. The van der Waals surface area contributed by atoms with Gasteiger partial charge in [0.25, 0.3) is 0 Å². The summed E-state index contributed by atoms with van der Waals surface area (Å²) >= 11 is 0. The van der Waals surface area contributed by atoms with E-state index in [1.54, 1.807) is 0 Å². The monoisotopic (exact) mass is 151 g/mol. The van der Waals surface area contributed by atoms with Gasteiger partial charge in [-0.05, 0) is 25.5 Å². The Kier molecular flexibility index (Phi) is 2.47. The number of rotatable bonds is 3. The Bertz CT molecular complexity index is 239. The van der Waals surface area contributed by atoms with Crippen LogP contribution in [0.2, 0.25) is 0 Å². The Balaban J connectivity index is 2.92. The highest BCUT2D eigenvalue weighted by molar-refractivity contribution is 5.72. The maximum Gasteiger partial charge on any atom is 0.166 e. The first-order valence-corrected chi connectivity index (χ1v) is 3.91. The van der Waals surface area contributed by atoms with Gasteiger partial charge in [0.1, 0.15) is 0 Å². The van der Waals surface area contributed by atoms with Crippen molar-refractivity contribution in [2.75, 3.05) is 0 Å². The van der Waals surface area contributed by atoms with Gasteiger partial charge < -0.3 is 4.57 Å². The normalized spacial score (nSPS) is 12.9. The molecule has 1 aromatic heterocycles. The van der Waals surface area contributed by atoms with E-state index < -0.39 is 0 Å². The maximum atomic E-state index is 10.5. The molecule has 0 N–H and O–H groups in total. The van der Waals surface area contributed by atoms with Crippen LogP contribution in [-0.2, 0) is 0 Å². The fraction of sp³-hybridized carbons (Fsp3) is 0.444. The van der Waals surface area contributed by atoms with Crippen molar-refractivity contribution in [2.45, 2.75) is 26.3 Å². The van der Waals surface area contributed by atoms with Crippen LogP contribution in [0.15, 0.2) is 18.3 Å². The fourth-order valence-corrected chi connectivity index (χ4v) is 1.10. The molecule has 0 saturated heterocycles. The molecule has 1 rings (SSSR count). The van der Waals surface area contributed by atoms with Gasteiger partial charge in [0.2, 0.25) is 0 Å². The molecule has 0 aliphatic carbocycles. The molecule has 0 spiro atoms. The summed E-state index contributed by atoms with van der Waals surface area (Å²) in [6.45, 7) is 4.21. The zero-order chi connectivity index (χ0) is 8.27. The molecule has 0 aliphatic rings. The lowest BCUT2D eigenvalue weighted by Crippen LogP contribution is -2.05. The second-order valence-corrected chi connectivity index (χ2v) is 2.72. The summed E-state index contributed by atoms with van der Waals surface area (Å²) < 4.78 is 1.99. The molecule has 1 unspecified atom stereocenters. The van der Waals surface area contributed by atoms with E-state index in [9.17, 15) is 4.79 Å². The van der Waals surface area contributed by atoms with E-state index in [2.05, 4.69) is 13.8 Å². The lowest BCUT2D eigenvalue weighted by Gasteiger charge is -2.12. The van der Waals surface area contributed by atoms with Gasteiger partial charge in [0.05, 0.1) is 5.69 Å². The molecule has 0 fully saturated rings. The van der Waals surface area contributed by atoms with Crippen LogP contribution in [-0.4, -0.2) is 10.9 Å². The van der Waals surface area contributed by atoms with Crippen molar-refractivity contribution in [2.24, 2.45) is 0 Å². The quantitative estimate of drug-likeness (QED) is 0.607. The van der Waals surface area contributed by atoms with E-state index in [1.165, 1.54) is 0 Å². The van der Waals surface area contributed by atoms with E-state index in [1.807, 2.05) is 22.9 Å². The van der Waals surface area contributed by atoms with Crippen LogP contribution in [0.25, 0.3) is 0 Å². The van der Waals surface area contributed by atoms with Gasteiger partial charge in [-0.3, -0.25) is 4.79 Å². The molecule has 11 heavy (non-hydrogen) atoms. The highest BCUT2D eigenvalue weighted by Gasteiger charge is 2.04. The fourth-order valence-electron chi connectivity index (χ4n) is 1.10. The van der Waals surface area contributed by atoms with Crippen molar-refractivity contribution in [1.82, 2.24) is 4.57 Å². The van der Waals surface area contributed by atoms with Crippen molar-refractivity contribution in [3.63, 3.8) is 0 Å². The molecule has 1 heterocycles. The molecule has 2 heteroatoms. The summed E-state index contributed by atoms with van der Waals surface area (Å²) in [5.74, 6) is 0. The zero-order valence-electron chi connectivity index (χ0n) is 6.95. The third-order valence-electron chi connectivity index (χ3n) is 2.00. The van der Waals surface area contributed by atoms with Gasteiger partial charge >= 0.3 is 0 Å². The molecule has 60 valence electrons. The Hall–Kier alpha value is -1.05. The second kappa shape index (κ2) is 3.37. The predicted molar refractivity (Wildman–Crippen MR) is 44.8 cm³/mol. The second-order valence-electron chi connectivity index (χ2n) is 2.72. The molecule has 2 nitrogen and oxygen atoms in total. The topological polar surface area (TPSA) is 22.0 Å². The Morgan fingerprint density at radius 3 is 3.00 bits per heavy atom. The van der Waals surface area contributed by atoms with Crippen LogP contribution in [0, 0.1) is 0 Å². The Labute approximate surface area is 66.8 Å². The number of aldehydes is 1. The summed E-state index contributed by atoms with van der Waals surface area (Å²) in [5.41, 5.74) is 0.763. The standard InChI is InChI=1S/C9H13NO/c1-3-8(2)10-6-4-5-9(10)7-11/h4-8H,3H2,1-2H3. The first-order chi connectivity index (χ1) is 5.29. The zero-order valence-corrected chi connectivity index (χ0v) is 6.95. The number of hydrogen-bond acceptors (Lipinski definition) is 1. The van der Waals surface area contributed by atoms with Gasteiger partial charge in [-0.2, -0.15) is 0 Å². The van der Waals surface area contributed by atoms with Crippen molar-refractivity contribution in [3.05, 3.63) is 24.0 Å². The van der Waals surface area contributed by atoms with Crippen LogP contribution in [0.4, 0.5) is 0 Å².